The SMILES string of the molecule is COc1ccccc1C=CCN(C)Cc1ccc2c(c1)OCCO2. The Hall–Kier alpha value is -2.46. The Morgan fingerprint density at radius 1 is 1.08 bits per heavy atom. The zero-order valence-electron chi connectivity index (χ0n) is 14.2. The first-order valence-corrected chi connectivity index (χ1v) is 8.13. The number of fused-ring (bicyclic) bond motifs is 1. The van der Waals surface area contributed by atoms with Crippen LogP contribution in [0.5, 0.6) is 17.2 Å². The lowest BCUT2D eigenvalue weighted by molar-refractivity contribution is 0.171. The van der Waals surface area contributed by atoms with Gasteiger partial charge in [0.25, 0.3) is 0 Å². The topological polar surface area (TPSA) is 30.9 Å². The van der Waals surface area contributed by atoms with Crippen LogP contribution in [0.15, 0.2) is 48.5 Å². The van der Waals surface area contributed by atoms with Crippen LogP contribution in [-0.4, -0.2) is 38.8 Å². The highest BCUT2D eigenvalue weighted by atomic mass is 16.6. The monoisotopic (exact) mass is 325 g/mol. The molecule has 3 rings (SSSR count). The highest BCUT2D eigenvalue weighted by molar-refractivity contribution is 5.57. The number of ether oxygens (including phenoxy) is 3. The number of likely N-dealkylation sites (N-methyl/N-ethyl adjacent to an activating group) is 1. The summed E-state index contributed by atoms with van der Waals surface area (Å²) >= 11 is 0. The number of hydrogen-bond acceptors (Lipinski definition) is 4. The normalized spacial score (nSPS) is 13.5. The molecular formula is C20H23NO3. The lowest BCUT2D eigenvalue weighted by Gasteiger charge is -2.20. The molecule has 0 bridgehead atoms. The molecule has 2 aromatic rings. The number of benzene rings is 2. The molecule has 0 unspecified atom stereocenters. The van der Waals surface area contributed by atoms with E-state index in [1.807, 2.05) is 24.3 Å². The minimum absolute atomic E-state index is 0.619. The van der Waals surface area contributed by atoms with Gasteiger partial charge in [0.05, 0.1) is 7.11 Å². The van der Waals surface area contributed by atoms with E-state index in [9.17, 15) is 0 Å². The zero-order valence-corrected chi connectivity index (χ0v) is 14.2. The fourth-order valence-corrected chi connectivity index (χ4v) is 2.73. The van der Waals surface area contributed by atoms with Gasteiger partial charge in [-0.15, -0.1) is 0 Å². The summed E-state index contributed by atoms with van der Waals surface area (Å²) < 4.78 is 16.6. The van der Waals surface area contributed by atoms with Gasteiger partial charge < -0.3 is 14.2 Å². The van der Waals surface area contributed by atoms with Crippen LogP contribution >= 0.6 is 0 Å². The van der Waals surface area contributed by atoms with E-state index in [2.05, 4.69) is 42.3 Å². The molecule has 0 N–H and O–H groups in total. The second-order valence-corrected chi connectivity index (χ2v) is 5.82. The second-order valence-electron chi connectivity index (χ2n) is 5.82. The van der Waals surface area contributed by atoms with Crippen molar-refractivity contribution in [3.05, 3.63) is 59.7 Å². The molecule has 0 aromatic heterocycles. The first-order valence-electron chi connectivity index (χ1n) is 8.13. The molecule has 0 atom stereocenters. The van der Waals surface area contributed by atoms with Crippen LogP contribution in [0.1, 0.15) is 11.1 Å². The Bertz CT molecular complexity index is 712. The van der Waals surface area contributed by atoms with E-state index in [-0.39, 0.29) is 0 Å². The molecule has 1 heterocycles. The standard InChI is InChI=1S/C20H23NO3/c1-21(11-5-7-17-6-3-4-8-18(17)22-2)15-16-9-10-19-20(14-16)24-13-12-23-19/h3-10,14H,11-13,15H2,1-2H3. The summed E-state index contributed by atoms with van der Waals surface area (Å²) in [6, 6.07) is 14.2. The Balaban J connectivity index is 1.57. The third kappa shape index (κ3) is 4.09. The van der Waals surface area contributed by atoms with Gasteiger partial charge in [0.2, 0.25) is 0 Å². The fourth-order valence-electron chi connectivity index (χ4n) is 2.73. The van der Waals surface area contributed by atoms with Crippen molar-refractivity contribution in [2.75, 3.05) is 33.9 Å². The van der Waals surface area contributed by atoms with Crippen LogP contribution in [0.2, 0.25) is 0 Å². The van der Waals surface area contributed by atoms with Gasteiger partial charge >= 0.3 is 0 Å². The van der Waals surface area contributed by atoms with Crippen LogP contribution in [0, 0.1) is 0 Å². The van der Waals surface area contributed by atoms with Gasteiger partial charge in [-0.25, -0.2) is 0 Å². The molecule has 0 aliphatic carbocycles. The Kier molecular flexibility index (Phi) is 5.39. The molecule has 0 spiro atoms. The summed E-state index contributed by atoms with van der Waals surface area (Å²) in [5.74, 6) is 2.57. The molecule has 24 heavy (non-hydrogen) atoms. The van der Waals surface area contributed by atoms with Gasteiger partial charge in [-0.1, -0.05) is 36.4 Å². The molecule has 126 valence electrons. The summed E-state index contributed by atoms with van der Waals surface area (Å²) in [4.78, 5) is 2.25. The van der Waals surface area contributed by atoms with E-state index < -0.39 is 0 Å². The number of rotatable bonds is 6. The average molecular weight is 325 g/mol. The molecule has 0 amide bonds. The maximum Gasteiger partial charge on any atom is 0.161 e. The van der Waals surface area contributed by atoms with Crippen LogP contribution in [0.3, 0.4) is 0 Å². The van der Waals surface area contributed by atoms with Crippen molar-refractivity contribution in [1.82, 2.24) is 4.90 Å². The molecule has 1 aliphatic heterocycles. The van der Waals surface area contributed by atoms with Gasteiger partial charge in [0.1, 0.15) is 19.0 Å². The van der Waals surface area contributed by atoms with E-state index in [0.717, 1.165) is 35.9 Å². The van der Waals surface area contributed by atoms with Gasteiger partial charge in [0.15, 0.2) is 11.5 Å². The van der Waals surface area contributed by atoms with Crippen LogP contribution in [-0.2, 0) is 6.54 Å². The largest absolute Gasteiger partial charge is 0.496 e. The molecule has 1 aliphatic rings. The van der Waals surface area contributed by atoms with Crippen molar-refractivity contribution in [3.63, 3.8) is 0 Å². The summed E-state index contributed by atoms with van der Waals surface area (Å²) in [7, 11) is 3.80. The Morgan fingerprint density at radius 2 is 1.88 bits per heavy atom. The van der Waals surface area contributed by atoms with Crippen molar-refractivity contribution in [1.29, 1.82) is 0 Å². The predicted octanol–water partition coefficient (Wildman–Crippen LogP) is 3.61. The molecule has 2 aromatic carbocycles. The first-order chi connectivity index (χ1) is 11.8. The highest BCUT2D eigenvalue weighted by Gasteiger charge is 2.12. The van der Waals surface area contributed by atoms with Crippen LogP contribution < -0.4 is 14.2 Å². The van der Waals surface area contributed by atoms with E-state index in [1.54, 1.807) is 7.11 Å². The molecule has 0 saturated carbocycles. The van der Waals surface area contributed by atoms with Crippen molar-refractivity contribution >= 4 is 6.08 Å². The van der Waals surface area contributed by atoms with Crippen molar-refractivity contribution < 1.29 is 14.2 Å². The lowest BCUT2D eigenvalue weighted by Crippen LogP contribution is -2.19. The average Bonchev–Trinajstić information content (AvgIpc) is 2.62. The minimum atomic E-state index is 0.619. The third-order valence-electron chi connectivity index (χ3n) is 3.91. The molecule has 0 saturated heterocycles. The lowest BCUT2D eigenvalue weighted by atomic mass is 10.1. The fraction of sp³-hybridized carbons (Fsp3) is 0.300. The number of methoxy groups -OCH3 is 1. The van der Waals surface area contributed by atoms with E-state index in [4.69, 9.17) is 14.2 Å². The molecule has 4 nitrogen and oxygen atoms in total. The summed E-state index contributed by atoms with van der Waals surface area (Å²) in [5.41, 5.74) is 2.31. The summed E-state index contributed by atoms with van der Waals surface area (Å²) in [6.07, 6.45) is 4.25. The maximum absolute atomic E-state index is 5.64. The zero-order chi connectivity index (χ0) is 16.8. The highest BCUT2D eigenvalue weighted by Crippen LogP contribution is 2.31. The maximum atomic E-state index is 5.64. The van der Waals surface area contributed by atoms with E-state index in [0.29, 0.717) is 13.2 Å². The first kappa shape index (κ1) is 16.4. The second kappa shape index (κ2) is 7.88. The van der Waals surface area contributed by atoms with Crippen molar-refractivity contribution in [2.45, 2.75) is 6.54 Å². The quantitative estimate of drug-likeness (QED) is 0.812. The van der Waals surface area contributed by atoms with Gasteiger partial charge in [0, 0.05) is 18.7 Å². The Morgan fingerprint density at radius 3 is 2.71 bits per heavy atom. The molecule has 4 heteroatoms. The molecule has 0 radical (unpaired) electrons. The number of hydrogen-bond donors (Lipinski definition) is 0. The number of para-hydroxylation sites is 1. The van der Waals surface area contributed by atoms with Crippen molar-refractivity contribution in [3.8, 4) is 17.2 Å². The Labute approximate surface area is 143 Å². The molecular weight excluding hydrogens is 302 g/mol. The smallest absolute Gasteiger partial charge is 0.161 e. The summed E-state index contributed by atoms with van der Waals surface area (Å²) in [5, 5.41) is 0. The van der Waals surface area contributed by atoms with Crippen LogP contribution in [0.25, 0.3) is 6.08 Å². The number of nitrogens with zero attached hydrogens (tertiary/aromatic N) is 1. The third-order valence-corrected chi connectivity index (χ3v) is 3.91. The van der Waals surface area contributed by atoms with Crippen LogP contribution in [0.4, 0.5) is 0 Å². The van der Waals surface area contributed by atoms with E-state index in [1.165, 1.54) is 5.56 Å². The van der Waals surface area contributed by atoms with E-state index >= 15 is 0 Å². The predicted molar refractivity (Wildman–Crippen MR) is 95.8 cm³/mol. The van der Waals surface area contributed by atoms with Gasteiger partial charge in [-0.2, -0.15) is 0 Å². The van der Waals surface area contributed by atoms with Gasteiger partial charge in [-0.05, 0) is 30.8 Å². The summed E-state index contributed by atoms with van der Waals surface area (Å²) in [6.45, 7) is 2.95. The minimum Gasteiger partial charge on any atom is -0.496 e. The van der Waals surface area contributed by atoms with Crippen molar-refractivity contribution in [2.24, 2.45) is 0 Å². The van der Waals surface area contributed by atoms with Gasteiger partial charge in [-0.3, -0.25) is 4.90 Å². The molecule has 0 fully saturated rings.